The fourth-order valence-electron chi connectivity index (χ4n) is 1.62. The van der Waals surface area contributed by atoms with Gasteiger partial charge < -0.3 is 0 Å². The van der Waals surface area contributed by atoms with Crippen LogP contribution < -0.4 is 4.72 Å². The van der Waals surface area contributed by atoms with Crippen LogP contribution in [-0.4, -0.2) is 8.42 Å². The molecule has 2 aromatic rings. The zero-order valence-corrected chi connectivity index (χ0v) is 11.6. The summed E-state index contributed by atoms with van der Waals surface area (Å²) in [5, 5.41) is 1.64. The molecule has 2 rings (SSSR count). The smallest absolute Gasteiger partial charge is 0.207 e. The van der Waals surface area contributed by atoms with Crippen LogP contribution >= 0.6 is 11.3 Å². The summed E-state index contributed by atoms with van der Waals surface area (Å²) in [5.41, 5.74) is 0.0986. The molecule has 0 aliphatic carbocycles. The van der Waals surface area contributed by atoms with Crippen LogP contribution in [0.4, 0.5) is 8.78 Å². The van der Waals surface area contributed by atoms with Crippen LogP contribution in [-0.2, 0) is 10.0 Å². The summed E-state index contributed by atoms with van der Waals surface area (Å²) in [6, 6.07) is 5.34. The normalized spacial score (nSPS) is 13.4. The van der Waals surface area contributed by atoms with Crippen molar-refractivity contribution in [3.8, 4) is 0 Å². The Kier molecular flexibility index (Phi) is 3.98. The highest BCUT2D eigenvalue weighted by atomic mass is 32.2. The Labute approximate surface area is 114 Å². The number of halogens is 2. The van der Waals surface area contributed by atoms with Crippen LogP contribution in [0.5, 0.6) is 0 Å². The van der Waals surface area contributed by atoms with Crippen LogP contribution in [0.1, 0.15) is 18.5 Å². The second kappa shape index (κ2) is 5.36. The number of thiophene rings is 1. The van der Waals surface area contributed by atoms with Gasteiger partial charge in [-0.05, 0) is 24.4 Å². The molecular formula is C12H11F2NO2S2. The summed E-state index contributed by atoms with van der Waals surface area (Å²) < 4.78 is 52.8. The average Bonchev–Trinajstić information content (AvgIpc) is 2.81. The van der Waals surface area contributed by atoms with E-state index < -0.39 is 27.7 Å². The van der Waals surface area contributed by atoms with Gasteiger partial charge in [-0.25, -0.2) is 21.9 Å². The van der Waals surface area contributed by atoms with Crippen molar-refractivity contribution in [3.63, 3.8) is 0 Å². The van der Waals surface area contributed by atoms with Gasteiger partial charge in [0.2, 0.25) is 0 Å². The molecule has 1 atom stereocenters. The van der Waals surface area contributed by atoms with E-state index in [4.69, 9.17) is 0 Å². The number of nitrogens with one attached hydrogen (secondary N) is 1. The molecule has 0 radical (unpaired) electrons. The molecule has 0 saturated carbocycles. The maximum Gasteiger partial charge on any atom is 0.250 e. The molecule has 0 aliphatic rings. The first-order valence-corrected chi connectivity index (χ1v) is 7.77. The first-order chi connectivity index (χ1) is 8.90. The standard InChI is InChI=1S/C12H11F2NO2S2/c1-8(10-5-4-9(13)7-11(10)14)15-19(16,17)12-3-2-6-18-12/h2-8,15H,1H3/t8-/m0/s1. The van der Waals surface area contributed by atoms with Crippen LogP contribution in [0.25, 0.3) is 0 Å². The molecule has 1 N–H and O–H groups in total. The largest absolute Gasteiger partial charge is 0.250 e. The predicted octanol–water partition coefficient (Wildman–Crippen LogP) is 3.07. The van der Waals surface area contributed by atoms with Crippen LogP contribution in [0.2, 0.25) is 0 Å². The third-order valence-electron chi connectivity index (χ3n) is 2.52. The molecule has 3 nitrogen and oxygen atoms in total. The Morgan fingerprint density at radius 3 is 2.58 bits per heavy atom. The highest BCUT2D eigenvalue weighted by molar-refractivity contribution is 7.91. The lowest BCUT2D eigenvalue weighted by atomic mass is 10.1. The quantitative estimate of drug-likeness (QED) is 0.943. The van der Waals surface area contributed by atoms with E-state index in [1.165, 1.54) is 19.1 Å². The third-order valence-corrected chi connectivity index (χ3v) is 5.46. The lowest BCUT2D eigenvalue weighted by molar-refractivity contribution is 0.541. The predicted molar refractivity (Wildman–Crippen MR) is 69.4 cm³/mol. The lowest BCUT2D eigenvalue weighted by Crippen LogP contribution is -2.26. The van der Waals surface area contributed by atoms with Gasteiger partial charge in [-0.1, -0.05) is 12.1 Å². The molecule has 0 spiro atoms. The molecule has 7 heteroatoms. The third kappa shape index (κ3) is 3.17. The molecule has 102 valence electrons. The van der Waals surface area contributed by atoms with Crippen molar-refractivity contribution in [1.82, 2.24) is 4.72 Å². The Morgan fingerprint density at radius 1 is 1.26 bits per heavy atom. The summed E-state index contributed by atoms with van der Waals surface area (Å²) >= 11 is 1.07. The molecule has 0 unspecified atom stereocenters. The molecule has 1 heterocycles. The van der Waals surface area contributed by atoms with E-state index in [-0.39, 0.29) is 9.77 Å². The van der Waals surface area contributed by atoms with E-state index >= 15 is 0 Å². The molecule has 0 fully saturated rings. The molecule has 1 aromatic heterocycles. The van der Waals surface area contributed by atoms with E-state index in [0.29, 0.717) is 0 Å². The minimum absolute atomic E-state index is 0.0986. The van der Waals surface area contributed by atoms with Gasteiger partial charge in [0.25, 0.3) is 10.0 Å². The average molecular weight is 303 g/mol. The van der Waals surface area contributed by atoms with Crippen LogP contribution in [0.3, 0.4) is 0 Å². The second-order valence-corrected chi connectivity index (χ2v) is 6.83. The topological polar surface area (TPSA) is 46.2 Å². The van der Waals surface area contributed by atoms with Crippen molar-refractivity contribution in [2.45, 2.75) is 17.2 Å². The number of rotatable bonds is 4. The zero-order chi connectivity index (χ0) is 14.0. The van der Waals surface area contributed by atoms with Gasteiger partial charge >= 0.3 is 0 Å². The number of sulfonamides is 1. The van der Waals surface area contributed by atoms with E-state index in [1.807, 2.05) is 0 Å². The van der Waals surface area contributed by atoms with Crippen molar-refractivity contribution in [3.05, 3.63) is 52.9 Å². The van der Waals surface area contributed by atoms with E-state index in [2.05, 4.69) is 4.72 Å². The molecule has 0 amide bonds. The SMILES string of the molecule is C[C@H](NS(=O)(=O)c1cccs1)c1ccc(F)cc1F. The summed E-state index contributed by atoms with van der Waals surface area (Å²) in [5.74, 6) is -1.48. The van der Waals surface area contributed by atoms with Gasteiger partial charge in [-0.2, -0.15) is 0 Å². The highest BCUT2D eigenvalue weighted by Crippen LogP contribution is 2.22. The van der Waals surface area contributed by atoms with Crippen LogP contribution in [0.15, 0.2) is 39.9 Å². The Hall–Kier alpha value is -1.31. The van der Waals surface area contributed by atoms with Gasteiger partial charge in [0.05, 0.1) is 0 Å². The number of hydrogen-bond donors (Lipinski definition) is 1. The molecule has 0 aliphatic heterocycles. The summed E-state index contributed by atoms with van der Waals surface area (Å²) in [7, 11) is -3.68. The van der Waals surface area contributed by atoms with Crippen molar-refractivity contribution in [2.24, 2.45) is 0 Å². The minimum Gasteiger partial charge on any atom is -0.207 e. The summed E-state index contributed by atoms with van der Waals surface area (Å²) in [6.45, 7) is 1.50. The lowest BCUT2D eigenvalue weighted by Gasteiger charge is -2.14. The van der Waals surface area contributed by atoms with Crippen molar-refractivity contribution >= 4 is 21.4 Å². The number of hydrogen-bond acceptors (Lipinski definition) is 3. The van der Waals surface area contributed by atoms with E-state index in [9.17, 15) is 17.2 Å². The van der Waals surface area contributed by atoms with Gasteiger partial charge in [-0.15, -0.1) is 11.3 Å². The van der Waals surface area contributed by atoms with Crippen molar-refractivity contribution < 1.29 is 17.2 Å². The first kappa shape index (κ1) is 14.1. The fraction of sp³-hybridized carbons (Fsp3) is 0.167. The Bertz CT molecular complexity index is 669. The van der Waals surface area contributed by atoms with Crippen molar-refractivity contribution in [2.75, 3.05) is 0 Å². The molecule has 0 saturated heterocycles. The van der Waals surface area contributed by atoms with Crippen LogP contribution in [0, 0.1) is 11.6 Å². The fourth-order valence-corrected chi connectivity index (χ4v) is 3.86. The minimum atomic E-state index is -3.68. The highest BCUT2D eigenvalue weighted by Gasteiger charge is 2.21. The van der Waals surface area contributed by atoms with Gasteiger partial charge in [0, 0.05) is 17.7 Å². The zero-order valence-electron chi connectivity index (χ0n) is 9.93. The van der Waals surface area contributed by atoms with Gasteiger partial charge in [0.15, 0.2) is 0 Å². The maximum absolute atomic E-state index is 13.5. The Morgan fingerprint density at radius 2 is 2.00 bits per heavy atom. The second-order valence-electron chi connectivity index (χ2n) is 3.94. The molecular weight excluding hydrogens is 292 g/mol. The molecule has 19 heavy (non-hydrogen) atoms. The van der Waals surface area contributed by atoms with Gasteiger partial charge in [-0.3, -0.25) is 0 Å². The Balaban J connectivity index is 2.24. The van der Waals surface area contributed by atoms with Gasteiger partial charge in [0.1, 0.15) is 15.8 Å². The first-order valence-electron chi connectivity index (χ1n) is 5.41. The summed E-state index contributed by atoms with van der Waals surface area (Å²) in [4.78, 5) is 0. The maximum atomic E-state index is 13.5. The number of benzene rings is 1. The monoisotopic (exact) mass is 303 g/mol. The van der Waals surface area contributed by atoms with E-state index in [1.54, 1.807) is 11.4 Å². The van der Waals surface area contributed by atoms with Crippen molar-refractivity contribution in [1.29, 1.82) is 0 Å². The summed E-state index contributed by atoms with van der Waals surface area (Å²) in [6.07, 6.45) is 0. The molecule has 0 bridgehead atoms. The van der Waals surface area contributed by atoms with E-state index in [0.717, 1.165) is 23.5 Å². The molecule has 1 aromatic carbocycles.